The summed E-state index contributed by atoms with van der Waals surface area (Å²) in [5.41, 5.74) is -0.0755. The number of aromatic nitrogens is 2. The molecule has 3 saturated carbocycles. The molecular formula is C24H35FN4O5S. The SMILES string of the molecule is CC(C)OC(=O)N1CCC[C@H](NS(=O)(=O)C2CC2)[C@@H]1COC1CCC2(c3ncc(F)cn3)CC2C1. The van der Waals surface area contributed by atoms with Gasteiger partial charge < -0.3 is 14.4 Å². The van der Waals surface area contributed by atoms with Crippen LogP contribution in [0.5, 0.6) is 0 Å². The summed E-state index contributed by atoms with van der Waals surface area (Å²) in [6.07, 6.45) is 8.02. The Hall–Kier alpha value is -1.85. The zero-order chi connectivity index (χ0) is 24.8. The predicted octanol–water partition coefficient (Wildman–Crippen LogP) is 2.90. The maximum atomic E-state index is 13.2. The molecule has 2 heterocycles. The number of carbonyl (C=O) groups excluding carboxylic acids is 1. The lowest BCUT2D eigenvalue weighted by molar-refractivity contribution is -0.0308. The van der Waals surface area contributed by atoms with Crippen LogP contribution in [-0.2, 0) is 24.9 Å². The molecule has 0 aromatic carbocycles. The standard InChI is InChI=1S/C24H35FN4O5S/c1-15(2)34-23(30)29-9-3-4-20(28-35(31,32)19-5-6-19)21(29)14-33-18-7-8-24(11-16(24)10-18)22-26-12-17(25)13-27-22/h12-13,15-16,18-21,28H,3-11,14H2,1-2H3/t16?,18?,20-,21-,24?/m0/s1. The molecule has 3 unspecified atom stereocenters. The lowest BCUT2D eigenvalue weighted by Crippen LogP contribution is -2.59. The normalized spacial score (nSPS) is 32.9. The average Bonchev–Trinajstić information content (AvgIpc) is 3.71. The van der Waals surface area contributed by atoms with E-state index in [1.807, 2.05) is 0 Å². The van der Waals surface area contributed by atoms with Crippen LogP contribution >= 0.6 is 0 Å². The topological polar surface area (TPSA) is 111 Å². The van der Waals surface area contributed by atoms with Crippen molar-refractivity contribution in [2.75, 3.05) is 13.2 Å². The highest BCUT2D eigenvalue weighted by molar-refractivity contribution is 7.90. The fraction of sp³-hybridized carbons (Fsp3) is 0.792. The van der Waals surface area contributed by atoms with Gasteiger partial charge in [0.2, 0.25) is 10.0 Å². The van der Waals surface area contributed by atoms with Crippen LogP contribution in [0.25, 0.3) is 0 Å². The summed E-state index contributed by atoms with van der Waals surface area (Å²) in [4.78, 5) is 22.9. The van der Waals surface area contributed by atoms with Gasteiger partial charge in [0.1, 0.15) is 5.82 Å². The molecule has 1 aromatic heterocycles. The van der Waals surface area contributed by atoms with E-state index < -0.39 is 34.0 Å². The van der Waals surface area contributed by atoms with Crippen molar-refractivity contribution in [3.8, 4) is 0 Å². The second kappa shape index (κ2) is 9.55. The Balaban J connectivity index is 1.24. The van der Waals surface area contributed by atoms with Gasteiger partial charge in [0, 0.05) is 18.0 Å². The summed E-state index contributed by atoms with van der Waals surface area (Å²) in [5, 5.41) is -0.322. The predicted molar refractivity (Wildman–Crippen MR) is 126 cm³/mol. The highest BCUT2D eigenvalue weighted by Crippen LogP contribution is 2.61. The fourth-order valence-corrected chi connectivity index (χ4v) is 7.42. The Morgan fingerprint density at radius 3 is 2.66 bits per heavy atom. The summed E-state index contributed by atoms with van der Waals surface area (Å²) < 4.78 is 53.3. The van der Waals surface area contributed by atoms with Crippen LogP contribution < -0.4 is 4.72 Å². The molecule has 194 valence electrons. The van der Waals surface area contributed by atoms with Crippen LogP contribution in [0.1, 0.15) is 71.0 Å². The van der Waals surface area contributed by atoms with E-state index in [-0.39, 0.29) is 29.5 Å². The molecule has 11 heteroatoms. The summed E-state index contributed by atoms with van der Waals surface area (Å²) >= 11 is 0. The number of carbonyl (C=O) groups is 1. The molecular weight excluding hydrogens is 475 g/mol. The number of amides is 1. The molecule has 0 bridgehead atoms. The quantitative estimate of drug-likeness (QED) is 0.572. The van der Waals surface area contributed by atoms with Gasteiger partial charge in [-0.25, -0.2) is 32.3 Å². The van der Waals surface area contributed by atoms with Crippen LogP contribution in [0.3, 0.4) is 0 Å². The zero-order valence-corrected chi connectivity index (χ0v) is 21.2. The van der Waals surface area contributed by atoms with Crippen LogP contribution in [0, 0.1) is 11.7 Å². The molecule has 0 spiro atoms. The summed E-state index contributed by atoms with van der Waals surface area (Å²) in [7, 11) is -3.40. The minimum Gasteiger partial charge on any atom is -0.447 e. The molecule has 4 aliphatic rings. The van der Waals surface area contributed by atoms with Gasteiger partial charge in [-0.05, 0) is 71.1 Å². The van der Waals surface area contributed by atoms with E-state index in [0.717, 1.165) is 25.7 Å². The third-order valence-electron chi connectivity index (χ3n) is 7.89. The van der Waals surface area contributed by atoms with Gasteiger partial charge in [0.15, 0.2) is 5.82 Å². The van der Waals surface area contributed by atoms with Crippen molar-refractivity contribution in [3.05, 3.63) is 24.0 Å². The maximum Gasteiger partial charge on any atom is 0.410 e. The van der Waals surface area contributed by atoms with E-state index in [9.17, 15) is 17.6 Å². The Kier molecular flexibility index (Phi) is 6.78. The van der Waals surface area contributed by atoms with Gasteiger partial charge >= 0.3 is 6.09 Å². The van der Waals surface area contributed by atoms with E-state index in [4.69, 9.17) is 9.47 Å². The number of rotatable bonds is 8. The smallest absolute Gasteiger partial charge is 0.410 e. The lowest BCUT2D eigenvalue weighted by atomic mass is 9.86. The molecule has 0 radical (unpaired) electrons. The Labute approximate surface area is 206 Å². The number of piperidine rings is 1. The number of likely N-dealkylation sites (tertiary alicyclic amines) is 1. The molecule has 5 rings (SSSR count). The van der Waals surface area contributed by atoms with E-state index in [0.29, 0.717) is 44.0 Å². The van der Waals surface area contributed by atoms with Crippen LogP contribution in [0.2, 0.25) is 0 Å². The van der Waals surface area contributed by atoms with Crippen molar-refractivity contribution in [1.82, 2.24) is 19.6 Å². The Morgan fingerprint density at radius 1 is 1.26 bits per heavy atom. The third kappa shape index (κ3) is 5.32. The molecule has 4 fully saturated rings. The van der Waals surface area contributed by atoms with Gasteiger partial charge in [-0.3, -0.25) is 0 Å². The molecule has 1 amide bonds. The summed E-state index contributed by atoms with van der Waals surface area (Å²) in [6, 6.07) is -0.819. The third-order valence-corrected chi connectivity index (χ3v) is 9.87. The minimum atomic E-state index is -3.40. The molecule has 1 aliphatic heterocycles. The first-order chi connectivity index (χ1) is 16.7. The number of fused-ring (bicyclic) bond motifs is 1. The van der Waals surface area contributed by atoms with Gasteiger partial charge in [-0.1, -0.05) is 0 Å². The second-order valence-electron chi connectivity index (χ2n) is 10.8. The number of hydrogen-bond acceptors (Lipinski definition) is 7. The van der Waals surface area contributed by atoms with Gasteiger partial charge in [-0.15, -0.1) is 0 Å². The van der Waals surface area contributed by atoms with Crippen molar-refractivity contribution < 1.29 is 27.1 Å². The maximum absolute atomic E-state index is 13.2. The molecule has 35 heavy (non-hydrogen) atoms. The average molecular weight is 511 g/mol. The van der Waals surface area contributed by atoms with Gasteiger partial charge in [0.25, 0.3) is 0 Å². The Bertz CT molecular complexity index is 1030. The zero-order valence-electron chi connectivity index (χ0n) is 20.4. The monoisotopic (exact) mass is 510 g/mol. The number of hydrogen-bond donors (Lipinski definition) is 1. The molecule has 1 aromatic rings. The van der Waals surface area contributed by atoms with Crippen molar-refractivity contribution in [2.24, 2.45) is 5.92 Å². The summed E-state index contributed by atoms with van der Waals surface area (Å²) in [6.45, 7) is 4.37. The van der Waals surface area contributed by atoms with Gasteiger partial charge in [-0.2, -0.15) is 0 Å². The van der Waals surface area contributed by atoms with Crippen molar-refractivity contribution in [2.45, 2.75) is 100 Å². The second-order valence-corrected chi connectivity index (χ2v) is 12.8. The number of sulfonamides is 1. The van der Waals surface area contributed by atoms with Crippen molar-refractivity contribution >= 4 is 16.1 Å². The van der Waals surface area contributed by atoms with E-state index in [1.54, 1.807) is 18.7 Å². The van der Waals surface area contributed by atoms with Crippen molar-refractivity contribution in [1.29, 1.82) is 0 Å². The van der Waals surface area contributed by atoms with Crippen LogP contribution in [0.15, 0.2) is 12.4 Å². The number of halogens is 1. The molecule has 3 aliphatic carbocycles. The van der Waals surface area contributed by atoms with Crippen LogP contribution in [0.4, 0.5) is 9.18 Å². The number of nitrogens with zero attached hydrogens (tertiary/aromatic N) is 3. The first-order valence-corrected chi connectivity index (χ1v) is 14.3. The van der Waals surface area contributed by atoms with Crippen LogP contribution in [-0.4, -0.2) is 72.1 Å². The van der Waals surface area contributed by atoms with E-state index in [1.165, 1.54) is 12.4 Å². The van der Waals surface area contributed by atoms with Gasteiger partial charge in [0.05, 0.1) is 42.5 Å². The fourth-order valence-electron chi connectivity index (χ4n) is 5.77. The number of nitrogens with one attached hydrogen (secondary N) is 1. The lowest BCUT2D eigenvalue weighted by Gasteiger charge is -2.41. The highest BCUT2D eigenvalue weighted by Gasteiger charge is 2.60. The first-order valence-electron chi connectivity index (χ1n) is 12.8. The molecule has 1 saturated heterocycles. The minimum absolute atomic E-state index is 0.0154. The molecule has 9 nitrogen and oxygen atoms in total. The Morgan fingerprint density at radius 2 is 2.00 bits per heavy atom. The largest absolute Gasteiger partial charge is 0.447 e. The number of ether oxygens (including phenoxy) is 2. The van der Waals surface area contributed by atoms with E-state index in [2.05, 4.69) is 14.7 Å². The van der Waals surface area contributed by atoms with E-state index >= 15 is 0 Å². The first kappa shape index (κ1) is 24.8. The molecule has 5 atom stereocenters. The summed E-state index contributed by atoms with van der Waals surface area (Å²) in [5.74, 6) is 0.676. The van der Waals surface area contributed by atoms with Crippen molar-refractivity contribution in [3.63, 3.8) is 0 Å². The molecule has 1 N–H and O–H groups in total. The highest BCUT2D eigenvalue weighted by atomic mass is 32.2.